The summed E-state index contributed by atoms with van der Waals surface area (Å²) < 4.78 is 13.1. The van der Waals surface area contributed by atoms with E-state index in [2.05, 4.69) is 20.8 Å². The molecule has 3 rings (SSSR count). The van der Waals surface area contributed by atoms with Crippen molar-refractivity contribution in [2.24, 2.45) is 0 Å². The number of carbonyl (C=O) groups excluding carboxylic acids is 2. The molecule has 1 fully saturated rings. The zero-order chi connectivity index (χ0) is 19.2. The number of nitrogens with zero attached hydrogens (tertiary/aromatic N) is 3. The Bertz CT molecular complexity index is 795. The third kappa shape index (κ3) is 5.54. The zero-order valence-electron chi connectivity index (χ0n) is 15.1. The van der Waals surface area contributed by atoms with E-state index >= 15 is 0 Å². The maximum Gasteiger partial charge on any atom is 0.237 e. The first kappa shape index (κ1) is 19.4. The molecule has 2 amide bonds. The van der Waals surface area contributed by atoms with Crippen LogP contribution < -0.4 is 10.6 Å². The standard InChI is InChI=1S/C18H22FN5O2S/c1-12-22-23-17(27-12)6-7-20-16(25)10-15-18(26)21-8-9-24(15)11-13-2-4-14(19)5-3-13/h2-5,15H,6-11H2,1H3,(H,20,25)(H,21,26)/t15-/m1/s1. The van der Waals surface area contributed by atoms with Gasteiger partial charge in [-0.15, -0.1) is 21.5 Å². The molecule has 2 heterocycles. The van der Waals surface area contributed by atoms with Crippen molar-refractivity contribution in [1.29, 1.82) is 0 Å². The van der Waals surface area contributed by atoms with Crippen molar-refractivity contribution in [3.63, 3.8) is 0 Å². The fourth-order valence-corrected chi connectivity index (χ4v) is 3.70. The molecule has 7 nitrogen and oxygen atoms in total. The molecule has 0 aliphatic carbocycles. The number of hydrogen-bond donors (Lipinski definition) is 2. The SMILES string of the molecule is Cc1nnc(CCNC(=O)C[C@@H]2C(=O)NCCN2Cc2ccc(F)cc2)s1. The second-order valence-electron chi connectivity index (χ2n) is 6.42. The first-order chi connectivity index (χ1) is 13.0. The molecule has 1 aliphatic rings. The summed E-state index contributed by atoms with van der Waals surface area (Å²) in [6.45, 7) is 4.02. The minimum atomic E-state index is -0.535. The van der Waals surface area contributed by atoms with Gasteiger partial charge >= 0.3 is 0 Å². The van der Waals surface area contributed by atoms with Crippen LogP contribution in [-0.2, 0) is 22.6 Å². The number of amides is 2. The Morgan fingerprint density at radius 3 is 2.85 bits per heavy atom. The lowest BCUT2D eigenvalue weighted by Crippen LogP contribution is -2.56. The highest BCUT2D eigenvalue weighted by Gasteiger charge is 2.31. The zero-order valence-corrected chi connectivity index (χ0v) is 15.9. The quantitative estimate of drug-likeness (QED) is 0.736. The van der Waals surface area contributed by atoms with E-state index in [1.54, 1.807) is 12.1 Å². The monoisotopic (exact) mass is 391 g/mol. The number of hydrogen-bond acceptors (Lipinski definition) is 6. The van der Waals surface area contributed by atoms with E-state index in [-0.39, 0.29) is 24.1 Å². The van der Waals surface area contributed by atoms with Crippen molar-refractivity contribution >= 4 is 23.2 Å². The van der Waals surface area contributed by atoms with Crippen LogP contribution in [0, 0.1) is 12.7 Å². The number of carbonyl (C=O) groups is 2. The Balaban J connectivity index is 1.53. The van der Waals surface area contributed by atoms with Gasteiger partial charge in [0.25, 0.3) is 0 Å². The summed E-state index contributed by atoms with van der Waals surface area (Å²) in [5.41, 5.74) is 0.906. The summed E-state index contributed by atoms with van der Waals surface area (Å²) in [6, 6.07) is 5.66. The van der Waals surface area contributed by atoms with Crippen LogP contribution in [0.15, 0.2) is 24.3 Å². The minimum Gasteiger partial charge on any atom is -0.356 e. The average Bonchev–Trinajstić information content (AvgIpc) is 3.05. The van der Waals surface area contributed by atoms with Crippen molar-refractivity contribution in [2.45, 2.75) is 32.4 Å². The van der Waals surface area contributed by atoms with Gasteiger partial charge in [0.2, 0.25) is 11.8 Å². The first-order valence-electron chi connectivity index (χ1n) is 8.83. The van der Waals surface area contributed by atoms with Gasteiger partial charge in [0.15, 0.2) is 0 Å². The third-order valence-corrected chi connectivity index (χ3v) is 5.25. The summed E-state index contributed by atoms with van der Waals surface area (Å²) in [6.07, 6.45) is 0.704. The van der Waals surface area contributed by atoms with Crippen molar-refractivity contribution in [3.8, 4) is 0 Å². The lowest BCUT2D eigenvalue weighted by molar-refractivity contribution is -0.134. The molecule has 2 aromatic rings. The Morgan fingerprint density at radius 2 is 2.15 bits per heavy atom. The van der Waals surface area contributed by atoms with Crippen LogP contribution in [-0.4, -0.2) is 52.6 Å². The normalized spacial score (nSPS) is 17.6. The van der Waals surface area contributed by atoms with E-state index in [4.69, 9.17) is 0 Å². The molecular weight excluding hydrogens is 369 g/mol. The van der Waals surface area contributed by atoms with E-state index in [0.717, 1.165) is 15.6 Å². The number of halogens is 1. The smallest absolute Gasteiger partial charge is 0.237 e. The van der Waals surface area contributed by atoms with Gasteiger partial charge in [-0.1, -0.05) is 12.1 Å². The largest absolute Gasteiger partial charge is 0.356 e. The molecule has 0 unspecified atom stereocenters. The van der Waals surface area contributed by atoms with Gasteiger partial charge in [0, 0.05) is 32.6 Å². The molecule has 9 heteroatoms. The van der Waals surface area contributed by atoms with Crippen LogP contribution in [0.25, 0.3) is 0 Å². The van der Waals surface area contributed by atoms with Gasteiger partial charge in [-0.05, 0) is 24.6 Å². The molecule has 0 bridgehead atoms. The molecule has 144 valence electrons. The van der Waals surface area contributed by atoms with Gasteiger partial charge in [-0.2, -0.15) is 0 Å². The molecule has 1 saturated heterocycles. The number of aromatic nitrogens is 2. The van der Waals surface area contributed by atoms with E-state index in [1.165, 1.54) is 23.5 Å². The second kappa shape index (κ2) is 9.01. The van der Waals surface area contributed by atoms with Gasteiger partial charge in [0.05, 0.1) is 12.5 Å². The number of nitrogens with one attached hydrogen (secondary N) is 2. The van der Waals surface area contributed by atoms with Gasteiger partial charge in [0.1, 0.15) is 15.8 Å². The molecular formula is C18H22FN5O2S. The van der Waals surface area contributed by atoms with Crippen molar-refractivity contribution in [2.75, 3.05) is 19.6 Å². The lowest BCUT2D eigenvalue weighted by Gasteiger charge is -2.34. The van der Waals surface area contributed by atoms with E-state index < -0.39 is 6.04 Å². The van der Waals surface area contributed by atoms with Crippen LogP contribution in [0.2, 0.25) is 0 Å². The summed E-state index contributed by atoms with van der Waals surface area (Å²) in [5, 5.41) is 15.4. The molecule has 27 heavy (non-hydrogen) atoms. The topological polar surface area (TPSA) is 87.2 Å². The molecule has 0 radical (unpaired) electrons. The molecule has 1 aromatic heterocycles. The highest BCUT2D eigenvalue weighted by molar-refractivity contribution is 7.11. The van der Waals surface area contributed by atoms with Crippen LogP contribution in [0.4, 0.5) is 4.39 Å². The van der Waals surface area contributed by atoms with Crippen LogP contribution in [0.1, 0.15) is 22.0 Å². The highest BCUT2D eigenvalue weighted by Crippen LogP contribution is 2.14. The van der Waals surface area contributed by atoms with Gasteiger partial charge in [-0.25, -0.2) is 4.39 Å². The fourth-order valence-electron chi connectivity index (χ4n) is 2.99. The predicted octanol–water partition coefficient (Wildman–Crippen LogP) is 1.04. The fraction of sp³-hybridized carbons (Fsp3) is 0.444. The Labute approximate surface area is 161 Å². The first-order valence-corrected chi connectivity index (χ1v) is 9.65. The summed E-state index contributed by atoms with van der Waals surface area (Å²) in [4.78, 5) is 26.5. The van der Waals surface area contributed by atoms with Gasteiger partial charge < -0.3 is 10.6 Å². The van der Waals surface area contributed by atoms with E-state index in [0.29, 0.717) is 32.6 Å². The van der Waals surface area contributed by atoms with Crippen molar-refractivity contribution < 1.29 is 14.0 Å². The molecule has 2 N–H and O–H groups in total. The van der Waals surface area contributed by atoms with Crippen molar-refractivity contribution in [1.82, 2.24) is 25.7 Å². The van der Waals surface area contributed by atoms with Crippen molar-refractivity contribution in [3.05, 3.63) is 45.7 Å². The number of rotatable bonds is 7. The van der Waals surface area contributed by atoms with Crippen LogP contribution in [0.3, 0.4) is 0 Å². The third-order valence-electron chi connectivity index (χ3n) is 4.35. The molecule has 0 saturated carbocycles. The predicted molar refractivity (Wildman–Crippen MR) is 99.6 cm³/mol. The molecule has 1 atom stereocenters. The molecule has 1 aromatic carbocycles. The number of aryl methyl sites for hydroxylation is 1. The molecule has 1 aliphatic heterocycles. The Morgan fingerprint density at radius 1 is 1.37 bits per heavy atom. The maximum absolute atomic E-state index is 13.1. The highest BCUT2D eigenvalue weighted by atomic mass is 32.1. The summed E-state index contributed by atoms with van der Waals surface area (Å²) in [5.74, 6) is -0.627. The number of piperazine rings is 1. The second-order valence-corrected chi connectivity index (χ2v) is 7.69. The minimum absolute atomic E-state index is 0.0855. The van der Waals surface area contributed by atoms with E-state index in [1.807, 2.05) is 11.8 Å². The lowest BCUT2D eigenvalue weighted by atomic mass is 10.1. The van der Waals surface area contributed by atoms with Crippen LogP contribution in [0.5, 0.6) is 0 Å². The number of benzene rings is 1. The van der Waals surface area contributed by atoms with Crippen LogP contribution >= 0.6 is 11.3 Å². The van der Waals surface area contributed by atoms with Gasteiger partial charge in [-0.3, -0.25) is 14.5 Å². The average molecular weight is 391 g/mol. The van der Waals surface area contributed by atoms with E-state index in [9.17, 15) is 14.0 Å². The maximum atomic E-state index is 13.1. The summed E-state index contributed by atoms with van der Waals surface area (Å²) in [7, 11) is 0. The Kier molecular flexibility index (Phi) is 6.46. The Hall–Kier alpha value is -2.39. The molecule has 0 spiro atoms. The summed E-state index contributed by atoms with van der Waals surface area (Å²) >= 11 is 1.51.